The highest BCUT2D eigenvalue weighted by Crippen LogP contribution is 2.36. The molecule has 1 aromatic heterocycles. The zero-order valence-corrected chi connectivity index (χ0v) is 14.8. The number of ketones is 1. The van der Waals surface area contributed by atoms with Gasteiger partial charge in [-0.3, -0.25) is 14.5 Å². The lowest BCUT2D eigenvalue weighted by Gasteiger charge is -2.17. The van der Waals surface area contributed by atoms with Crippen molar-refractivity contribution in [1.29, 1.82) is 5.41 Å². The third kappa shape index (κ3) is 3.77. The monoisotopic (exact) mass is 362 g/mol. The van der Waals surface area contributed by atoms with Gasteiger partial charge in [-0.05, 0) is 24.3 Å². The minimum Gasteiger partial charge on any atom is -0.494 e. The van der Waals surface area contributed by atoms with Crippen LogP contribution in [-0.2, 0) is 10.0 Å². The average molecular weight is 362 g/mol. The molecule has 0 radical (unpaired) electrons. The molecule has 8 nitrogen and oxygen atoms in total. The van der Waals surface area contributed by atoms with Crippen LogP contribution in [0.5, 0.6) is 5.75 Å². The van der Waals surface area contributed by atoms with Crippen molar-refractivity contribution in [2.75, 3.05) is 24.2 Å². The second-order valence-corrected chi connectivity index (χ2v) is 6.72. The van der Waals surface area contributed by atoms with E-state index >= 15 is 0 Å². The third-order valence-corrected chi connectivity index (χ3v) is 4.80. The molecule has 0 amide bonds. The fraction of sp³-hybridized carbons (Fsp3) is 0.188. The molecule has 25 heavy (non-hydrogen) atoms. The summed E-state index contributed by atoms with van der Waals surface area (Å²) in [5.41, 5.74) is 1.26. The van der Waals surface area contributed by atoms with Gasteiger partial charge in [-0.2, -0.15) is 0 Å². The van der Waals surface area contributed by atoms with Gasteiger partial charge in [0.1, 0.15) is 22.0 Å². The van der Waals surface area contributed by atoms with E-state index in [9.17, 15) is 13.2 Å². The van der Waals surface area contributed by atoms with Gasteiger partial charge in [0.2, 0.25) is 0 Å². The van der Waals surface area contributed by atoms with Crippen molar-refractivity contribution in [3.8, 4) is 5.75 Å². The fourth-order valence-corrected chi connectivity index (χ4v) is 3.23. The van der Waals surface area contributed by atoms with Crippen molar-refractivity contribution in [2.24, 2.45) is 0 Å². The minimum absolute atomic E-state index is 0.0955. The highest BCUT2D eigenvalue weighted by molar-refractivity contribution is 7.92. The zero-order chi connectivity index (χ0) is 18.6. The highest BCUT2D eigenvalue weighted by atomic mass is 32.2. The van der Waals surface area contributed by atoms with E-state index in [2.05, 4.69) is 15.0 Å². The largest absolute Gasteiger partial charge is 0.494 e. The molecule has 0 saturated heterocycles. The van der Waals surface area contributed by atoms with Crippen LogP contribution < -0.4 is 14.8 Å². The van der Waals surface area contributed by atoms with Gasteiger partial charge in [0.05, 0.1) is 12.8 Å². The molecule has 3 N–H and O–H groups in total. The Bertz CT molecular complexity index is 908. The number of Topliss-reactive ketones (excluding diaryl/α,β-unsaturated/α-hetero) is 1. The number of carbonyl (C=O) groups is 1. The molecule has 9 heteroatoms. The molecule has 0 aliphatic heterocycles. The first kappa shape index (κ1) is 18.4. The van der Waals surface area contributed by atoms with Crippen LogP contribution in [0.4, 0.5) is 11.4 Å². The van der Waals surface area contributed by atoms with Gasteiger partial charge in [-0.1, -0.05) is 0 Å². The molecule has 1 aromatic carbocycles. The topological polar surface area (TPSA) is 121 Å². The SMILES string of the molecule is CNc1c(C=N)ccc(OC)c1NS(=O)(=O)c1ccc(C(C)=O)nc1. The Kier molecular flexibility index (Phi) is 5.38. The normalized spacial score (nSPS) is 10.8. The second kappa shape index (κ2) is 7.31. The maximum atomic E-state index is 12.6. The zero-order valence-electron chi connectivity index (χ0n) is 14.0. The van der Waals surface area contributed by atoms with Gasteiger partial charge in [0.15, 0.2) is 5.78 Å². The summed E-state index contributed by atoms with van der Waals surface area (Å²) in [6, 6.07) is 5.86. The first-order valence-electron chi connectivity index (χ1n) is 7.23. The standard InChI is InChI=1S/C16H18N4O4S/c1-10(21)13-6-5-12(9-19-13)25(22,23)20-16-14(24-3)7-4-11(8-17)15(16)18-2/h4-9,17-18,20H,1-3H3. The molecule has 0 bridgehead atoms. The maximum Gasteiger partial charge on any atom is 0.263 e. The summed E-state index contributed by atoms with van der Waals surface area (Å²) in [5, 5.41) is 10.3. The summed E-state index contributed by atoms with van der Waals surface area (Å²) in [6.45, 7) is 1.35. The lowest BCUT2D eigenvalue weighted by atomic mass is 10.1. The predicted molar refractivity (Wildman–Crippen MR) is 95.5 cm³/mol. The molecule has 0 fully saturated rings. The van der Waals surface area contributed by atoms with Gasteiger partial charge in [0.25, 0.3) is 10.0 Å². The van der Waals surface area contributed by atoms with E-state index in [0.29, 0.717) is 17.0 Å². The van der Waals surface area contributed by atoms with Crippen LogP contribution in [0.25, 0.3) is 0 Å². The Morgan fingerprint density at radius 1 is 1.24 bits per heavy atom. The number of nitrogens with zero attached hydrogens (tertiary/aromatic N) is 1. The number of sulfonamides is 1. The summed E-state index contributed by atoms with van der Waals surface area (Å²) >= 11 is 0. The van der Waals surface area contributed by atoms with Crippen LogP contribution in [0.15, 0.2) is 35.4 Å². The van der Waals surface area contributed by atoms with Gasteiger partial charge in [-0.25, -0.2) is 8.42 Å². The molecule has 0 atom stereocenters. The van der Waals surface area contributed by atoms with Gasteiger partial charge >= 0.3 is 0 Å². The minimum atomic E-state index is -3.96. The van der Waals surface area contributed by atoms with E-state index in [1.54, 1.807) is 19.2 Å². The third-order valence-electron chi connectivity index (χ3n) is 3.47. The average Bonchev–Trinajstić information content (AvgIpc) is 2.61. The van der Waals surface area contributed by atoms with Crippen LogP contribution in [0.3, 0.4) is 0 Å². The van der Waals surface area contributed by atoms with Crippen molar-refractivity contribution < 1.29 is 17.9 Å². The van der Waals surface area contributed by atoms with Crippen molar-refractivity contribution in [2.45, 2.75) is 11.8 Å². The quantitative estimate of drug-likeness (QED) is 0.512. The van der Waals surface area contributed by atoms with Crippen LogP contribution >= 0.6 is 0 Å². The summed E-state index contributed by atoms with van der Waals surface area (Å²) < 4.78 is 33.0. The number of pyridine rings is 1. The summed E-state index contributed by atoms with van der Waals surface area (Å²) in [4.78, 5) is 15.0. The van der Waals surface area contributed by atoms with Crippen LogP contribution in [0.2, 0.25) is 0 Å². The Hall–Kier alpha value is -2.94. The molecule has 0 unspecified atom stereocenters. The van der Waals surface area contributed by atoms with E-state index in [-0.39, 0.29) is 22.1 Å². The molecule has 0 spiro atoms. The number of rotatable bonds is 7. The van der Waals surface area contributed by atoms with Crippen molar-refractivity contribution in [3.05, 3.63) is 41.7 Å². The Balaban J connectivity index is 2.50. The number of carbonyl (C=O) groups excluding carboxylic acids is 1. The van der Waals surface area contributed by atoms with E-state index in [4.69, 9.17) is 10.1 Å². The lowest BCUT2D eigenvalue weighted by molar-refractivity contribution is 0.101. The number of aromatic nitrogens is 1. The van der Waals surface area contributed by atoms with E-state index in [1.807, 2.05) is 0 Å². The predicted octanol–water partition coefficient (Wildman–Crippen LogP) is 2.13. The molecular weight excluding hydrogens is 344 g/mol. The summed E-state index contributed by atoms with van der Waals surface area (Å²) in [5.74, 6) is 0.0431. The summed E-state index contributed by atoms with van der Waals surface area (Å²) in [7, 11) is -0.934. The Morgan fingerprint density at radius 2 is 1.96 bits per heavy atom. The number of ether oxygens (including phenoxy) is 1. The molecule has 2 aromatic rings. The van der Waals surface area contributed by atoms with Gasteiger partial charge < -0.3 is 15.5 Å². The first-order chi connectivity index (χ1) is 11.8. The van der Waals surface area contributed by atoms with E-state index < -0.39 is 10.0 Å². The number of hydrogen-bond donors (Lipinski definition) is 3. The van der Waals surface area contributed by atoms with Crippen molar-refractivity contribution in [3.63, 3.8) is 0 Å². The van der Waals surface area contributed by atoms with Crippen LogP contribution in [-0.4, -0.2) is 39.6 Å². The smallest absolute Gasteiger partial charge is 0.263 e. The molecule has 1 heterocycles. The molecule has 0 aliphatic carbocycles. The van der Waals surface area contributed by atoms with Crippen LogP contribution in [0, 0.1) is 5.41 Å². The lowest BCUT2D eigenvalue weighted by Crippen LogP contribution is -2.16. The van der Waals surface area contributed by atoms with Gasteiger partial charge in [0, 0.05) is 31.9 Å². The van der Waals surface area contributed by atoms with Crippen LogP contribution in [0.1, 0.15) is 23.0 Å². The fourth-order valence-electron chi connectivity index (χ4n) is 2.20. The number of hydrogen-bond acceptors (Lipinski definition) is 7. The molecule has 0 saturated carbocycles. The second-order valence-electron chi connectivity index (χ2n) is 5.04. The number of anilines is 2. The first-order valence-corrected chi connectivity index (χ1v) is 8.71. The Labute approximate surface area is 145 Å². The maximum absolute atomic E-state index is 12.6. The molecule has 132 valence electrons. The number of nitrogens with one attached hydrogen (secondary N) is 3. The van der Waals surface area contributed by atoms with Crippen molar-refractivity contribution in [1.82, 2.24) is 4.98 Å². The van der Waals surface area contributed by atoms with E-state index in [0.717, 1.165) is 12.4 Å². The molecule has 2 rings (SSSR count). The highest BCUT2D eigenvalue weighted by Gasteiger charge is 2.21. The Morgan fingerprint density at radius 3 is 2.44 bits per heavy atom. The molecule has 0 aliphatic rings. The molecular formula is C16H18N4O4S. The van der Waals surface area contributed by atoms with Gasteiger partial charge in [-0.15, -0.1) is 0 Å². The number of benzene rings is 1. The summed E-state index contributed by atoms with van der Waals surface area (Å²) in [6.07, 6.45) is 2.22. The van der Waals surface area contributed by atoms with Crippen molar-refractivity contribution >= 4 is 33.4 Å². The number of methoxy groups -OCH3 is 1. The van der Waals surface area contributed by atoms with E-state index in [1.165, 1.54) is 26.2 Å².